The van der Waals surface area contributed by atoms with Gasteiger partial charge >= 0.3 is 12.0 Å². The van der Waals surface area contributed by atoms with Crippen LogP contribution in [0.4, 0.5) is 10.5 Å². The van der Waals surface area contributed by atoms with Gasteiger partial charge in [-0.25, -0.2) is 9.59 Å². The highest BCUT2D eigenvalue weighted by molar-refractivity contribution is 6.04. The van der Waals surface area contributed by atoms with Gasteiger partial charge in [-0.3, -0.25) is 9.69 Å². The van der Waals surface area contributed by atoms with E-state index in [9.17, 15) is 14.4 Å². The second-order valence-corrected chi connectivity index (χ2v) is 7.41. The van der Waals surface area contributed by atoms with E-state index in [2.05, 4.69) is 10.6 Å². The van der Waals surface area contributed by atoms with Crippen LogP contribution in [0.15, 0.2) is 60.2 Å². The van der Waals surface area contributed by atoms with E-state index in [4.69, 9.17) is 4.74 Å². The molecular weight excluding hydrogens is 406 g/mol. The number of hydrogen-bond acceptors (Lipinski definition) is 4. The lowest BCUT2D eigenvalue weighted by molar-refractivity contribution is -0.139. The Hall–Kier alpha value is -3.61. The number of amides is 3. The van der Waals surface area contributed by atoms with Gasteiger partial charge in [0.25, 0.3) is 0 Å². The molecule has 32 heavy (non-hydrogen) atoms. The average molecular weight is 436 g/mol. The van der Waals surface area contributed by atoms with Crippen molar-refractivity contribution in [1.29, 1.82) is 0 Å². The Balaban J connectivity index is 2.19. The van der Waals surface area contributed by atoms with Crippen LogP contribution in [0.2, 0.25) is 0 Å². The van der Waals surface area contributed by atoms with E-state index in [0.717, 1.165) is 12.0 Å². The SMILES string of the molecule is CCCN1C(=O)NC(c2cccc(NC(=O)CC)c2)C(C(=O)OCC)=C1c1ccccc1. The Labute approximate surface area is 188 Å². The summed E-state index contributed by atoms with van der Waals surface area (Å²) in [6.07, 6.45) is 1.07. The van der Waals surface area contributed by atoms with E-state index in [1.807, 2.05) is 43.3 Å². The molecule has 2 aromatic carbocycles. The van der Waals surface area contributed by atoms with Crippen LogP contribution >= 0.6 is 0 Å². The van der Waals surface area contributed by atoms with E-state index in [0.29, 0.717) is 35.5 Å². The molecular formula is C25H29N3O4. The summed E-state index contributed by atoms with van der Waals surface area (Å²) in [5.41, 5.74) is 2.95. The van der Waals surface area contributed by atoms with Crippen molar-refractivity contribution in [2.45, 2.75) is 39.7 Å². The number of nitrogens with zero attached hydrogens (tertiary/aromatic N) is 1. The van der Waals surface area contributed by atoms with Crippen molar-refractivity contribution in [3.05, 3.63) is 71.3 Å². The van der Waals surface area contributed by atoms with Crippen LogP contribution in [0.5, 0.6) is 0 Å². The lowest BCUT2D eigenvalue weighted by atomic mass is 9.91. The number of anilines is 1. The molecule has 7 heteroatoms. The first-order valence-corrected chi connectivity index (χ1v) is 10.9. The van der Waals surface area contributed by atoms with Crippen LogP contribution in [0.1, 0.15) is 50.8 Å². The maximum Gasteiger partial charge on any atom is 0.338 e. The average Bonchev–Trinajstić information content (AvgIpc) is 2.80. The Morgan fingerprint density at radius 2 is 1.81 bits per heavy atom. The quantitative estimate of drug-likeness (QED) is 0.598. The zero-order valence-electron chi connectivity index (χ0n) is 18.7. The Kier molecular flexibility index (Phi) is 7.65. The Bertz CT molecular complexity index is 1020. The van der Waals surface area contributed by atoms with Crippen molar-refractivity contribution in [2.24, 2.45) is 0 Å². The molecule has 0 saturated carbocycles. The van der Waals surface area contributed by atoms with E-state index >= 15 is 0 Å². The van der Waals surface area contributed by atoms with Gasteiger partial charge in [0.1, 0.15) is 0 Å². The minimum absolute atomic E-state index is 0.116. The van der Waals surface area contributed by atoms with Crippen LogP contribution in [-0.4, -0.2) is 36.0 Å². The van der Waals surface area contributed by atoms with Crippen molar-refractivity contribution < 1.29 is 19.1 Å². The minimum Gasteiger partial charge on any atom is -0.463 e. The van der Waals surface area contributed by atoms with Gasteiger partial charge in [-0.15, -0.1) is 0 Å². The Morgan fingerprint density at radius 1 is 1.06 bits per heavy atom. The lowest BCUT2D eigenvalue weighted by Gasteiger charge is -2.37. The Morgan fingerprint density at radius 3 is 2.47 bits per heavy atom. The highest BCUT2D eigenvalue weighted by Crippen LogP contribution is 2.37. The fraction of sp³-hybridized carbons (Fsp3) is 0.320. The monoisotopic (exact) mass is 435 g/mol. The summed E-state index contributed by atoms with van der Waals surface area (Å²) in [5.74, 6) is -0.601. The number of benzene rings is 2. The normalized spacial score (nSPS) is 15.9. The molecule has 7 nitrogen and oxygen atoms in total. The number of carbonyl (C=O) groups excluding carboxylic acids is 3. The third-order valence-electron chi connectivity index (χ3n) is 5.14. The van der Waals surface area contributed by atoms with Crippen molar-refractivity contribution >= 4 is 29.3 Å². The van der Waals surface area contributed by atoms with Gasteiger partial charge in [-0.2, -0.15) is 0 Å². The molecule has 2 aromatic rings. The lowest BCUT2D eigenvalue weighted by Crippen LogP contribution is -2.48. The van der Waals surface area contributed by atoms with Crippen LogP contribution in [0, 0.1) is 0 Å². The van der Waals surface area contributed by atoms with Crippen LogP contribution in [0.25, 0.3) is 5.70 Å². The molecule has 0 aliphatic carbocycles. The number of urea groups is 1. The molecule has 1 aliphatic rings. The first-order valence-electron chi connectivity index (χ1n) is 10.9. The molecule has 3 amide bonds. The molecule has 168 valence electrons. The van der Waals surface area contributed by atoms with Gasteiger partial charge in [0.05, 0.1) is 23.9 Å². The largest absolute Gasteiger partial charge is 0.463 e. The van der Waals surface area contributed by atoms with Gasteiger partial charge < -0.3 is 15.4 Å². The van der Waals surface area contributed by atoms with Crippen molar-refractivity contribution in [2.75, 3.05) is 18.5 Å². The summed E-state index contributed by atoms with van der Waals surface area (Å²) in [4.78, 5) is 39.8. The predicted molar refractivity (Wildman–Crippen MR) is 124 cm³/mol. The second-order valence-electron chi connectivity index (χ2n) is 7.41. The topological polar surface area (TPSA) is 87.7 Å². The molecule has 1 unspecified atom stereocenters. The number of hydrogen-bond donors (Lipinski definition) is 2. The van der Waals surface area contributed by atoms with Crippen LogP contribution in [-0.2, 0) is 14.3 Å². The van der Waals surface area contributed by atoms with E-state index < -0.39 is 12.0 Å². The first-order chi connectivity index (χ1) is 15.5. The van der Waals surface area contributed by atoms with E-state index in [1.54, 1.807) is 36.9 Å². The van der Waals surface area contributed by atoms with Crippen molar-refractivity contribution in [1.82, 2.24) is 10.2 Å². The molecule has 0 radical (unpaired) electrons. The maximum absolute atomic E-state index is 13.2. The van der Waals surface area contributed by atoms with Gasteiger partial charge in [-0.1, -0.05) is 56.3 Å². The molecule has 1 aliphatic heterocycles. The highest BCUT2D eigenvalue weighted by Gasteiger charge is 2.38. The molecule has 1 heterocycles. The molecule has 1 atom stereocenters. The zero-order chi connectivity index (χ0) is 23.1. The summed E-state index contributed by atoms with van der Waals surface area (Å²) < 4.78 is 5.41. The third-order valence-corrected chi connectivity index (χ3v) is 5.14. The standard InChI is InChI=1S/C25H29N3O4/c1-4-15-28-23(17-11-8-7-9-12-17)21(24(30)32-6-3)22(27-25(28)31)18-13-10-14-19(16-18)26-20(29)5-2/h7-14,16,22H,4-6,15H2,1-3H3,(H,26,29)(H,27,31). The number of esters is 1. The van der Waals surface area contributed by atoms with Gasteiger partial charge in [0.2, 0.25) is 5.91 Å². The van der Waals surface area contributed by atoms with Gasteiger partial charge in [0, 0.05) is 18.7 Å². The zero-order valence-corrected chi connectivity index (χ0v) is 18.7. The van der Waals surface area contributed by atoms with E-state index in [-0.39, 0.29) is 18.5 Å². The van der Waals surface area contributed by atoms with Crippen molar-refractivity contribution in [3.8, 4) is 0 Å². The molecule has 0 bridgehead atoms. The first kappa shape index (κ1) is 23.1. The molecule has 2 N–H and O–H groups in total. The number of rotatable bonds is 8. The predicted octanol–water partition coefficient (Wildman–Crippen LogP) is 4.49. The smallest absolute Gasteiger partial charge is 0.338 e. The summed E-state index contributed by atoms with van der Waals surface area (Å²) in [7, 11) is 0. The summed E-state index contributed by atoms with van der Waals surface area (Å²) in [6, 6.07) is 15.5. The second kappa shape index (κ2) is 10.6. The summed E-state index contributed by atoms with van der Waals surface area (Å²) in [5, 5.41) is 5.80. The van der Waals surface area contributed by atoms with Gasteiger partial charge in [0.15, 0.2) is 0 Å². The molecule has 0 fully saturated rings. The minimum atomic E-state index is -0.719. The fourth-order valence-corrected chi connectivity index (χ4v) is 3.72. The maximum atomic E-state index is 13.2. The summed E-state index contributed by atoms with van der Waals surface area (Å²) >= 11 is 0. The molecule has 3 rings (SSSR count). The number of carbonyl (C=O) groups is 3. The number of nitrogens with one attached hydrogen (secondary N) is 2. The molecule has 0 spiro atoms. The van der Waals surface area contributed by atoms with Crippen LogP contribution < -0.4 is 10.6 Å². The third kappa shape index (κ3) is 4.99. The summed E-state index contributed by atoms with van der Waals surface area (Å²) in [6.45, 7) is 6.17. The van der Waals surface area contributed by atoms with Crippen molar-refractivity contribution in [3.63, 3.8) is 0 Å². The fourth-order valence-electron chi connectivity index (χ4n) is 3.72. The molecule has 0 aromatic heterocycles. The number of ether oxygens (including phenoxy) is 1. The highest BCUT2D eigenvalue weighted by atomic mass is 16.5. The van der Waals surface area contributed by atoms with E-state index in [1.165, 1.54) is 0 Å². The van der Waals surface area contributed by atoms with Gasteiger partial charge in [-0.05, 0) is 36.6 Å². The molecule has 0 saturated heterocycles. The van der Waals surface area contributed by atoms with Crippen LogP contribution in [0.3, 0.4) is 0 Å².